The molecule has 25 heavy (non-hydrogen) atoms. The predicted octanol–water partition coefficient (Wildman–Crippen LogP) is 3.90. The summed E-state index contributed by atoms with van der Waals surface area (Å²) in [5.74, 6) is 0.603. The van der Waals surface area contributed by atoms with Crippen molar-refractivity contribution in [3.63, 3.8) is 0 Å². The van der Waals surface area contributed by atoms with Crippen LogP contribution in [-0.4, -0.2) is 14.5 Å². The van der Waals surface area contributed by atoms with Gasteiger partial charge in [-0.2, -0.15) is 0 Å². The predicted molar refractivity (Wildman–Crippen MR) is 96.6 cm³/mol. The lowest BCUT2D eigenvalue weighted by molar-refractivity contribution is -0.384. The molecule has 0 spiro atoms. The second-order valence-electron chi connectivity index (χ2n) is 5.83. The topological polar surface area (TPSA) is 78.0 Å². The van der Waals surface area contributed by atoms with E-state index in [0.29, 0.717) is 29.3 Å². The molecule has 2 aromatic carbocycles. The molecule has 2 heterocycles. The molecule has 0 aliphatic carbocycles. The fourth-order valence-electron chi connectivity index (χ4n) is 3.05. The van der Waals surface area contributed by atoms with Crippen LogP contribution >= 0.6 is 11.6 Å². The highest BCUT2D eigenvalue weighted by Crippen LogP contribution is 2.28. The van der Waals surface area contributed by atoms with Gasteiger partial charge in [-0.3, -0.25) is 19.5 Å². The third kappa shape index (κ3) is 2.70. The minimum Gasteiger partial charge on any atom is -0.292 e. The van der Waals surface area contributed by atoms with E-state index in [1.165, 1.54) is 18.2 Å². The summed E-state index contributed by atoms with van der Waals surface area (Å²) < 4.78 is 1.57. The number of nitro groups is 1. The molecule has 1 aromatic heterocycles. The summed E-state index contributed by atoms with van der Waals surface area (Å²) in [5, 5.41) is 11.8. The summed E-state index contributed by atoms with van der Waals surface area (Å²) in [6.45, 7) is 0.506. The van der Waals surface area contributed by atoms with Gasteiger partial charge < -0.3 is 0 Å². The molecule has 124 valence electrons. The van der Waals surface area contributed by atoms with Gasteiger partial charge in [-0.1, -0.05) is 23.7 Å². The lowest BCUT2D eigenvalue weighted by Gasteiger charge is -2.05. The van der Waals surface area contributed by atoms with E-state index in [1.54, 1.807) is 10.6 Å². The molecular formula is C18H12ClN3O3. The molecule has 3 aromatic rings. The average Bonchev–Trinajstić information content (AvgIpc) is 2.98. The maximum atomic E-state index is 12.7. The Morgan fingerprint density at radius 1 is 1.24 bits per heavy atom. The lowest BCUT2D eigenvalue weighted by atomic mass is 10.1. The number of allylic oxidation sites excluding steroid dienone is 1. The summed E-state index contributed by atoms with van der Waals surface area (Å²) in [6.07, 6.45) is 2.64. The minimum absolute atomic E-state index is 0.111. The Labute approximate surface area is 147 Å². The average molecular weight is 354 g/mol. The molecule has 0 bridgehead atoms. The number of aromatic nitrogens is 2. The smallest absolute Gasteiger partial charge is 0.270 e. The Balaban J connectivity index is 1.88. The quantitative estimate of drug-likeness (QED) is 0.517. The zero-order valence-electron chi connectivity index (χ0n) is 13.0. The van der Waals surface area contributed by atoms with Gasteiger partial charge in [-0.25, -0.2) is 4.98 Å². The first-order valence-electron chi connectivity index (χ1n) is 7.68. The molecule has 6 nitrogen and oxygen atoms in total. The molecule has 7 heteroatoms. The van der Waals surface area contributed by atoms with Crippen LogP contribution in [0, 0.1) is 10.1 Å². The van der Waals surface area contributed by atoms with Gasteiger partial charge in [0.2, 0.25) is 0 Å². The highest BCUT2D eigenvalue weighted by atomic mass is 35.5. The number of benzene rings is 2. The summed E-state index contributed by atoms with van der Waals surface area (Å²) in [4.78, 5) is 27.7. The van der Waals surface area contributed by atoms with Gasteiger partial charge in [0.15, 0.2) is 0 Å². The van der Waals surface area contributed by atoms with Crippen molar-refractivity contribution in [2.75, 3.05) is 0 Å². The van der Waals surface area contributed by atoms with E-state index in [-0.39, 0.29) is 16.6 Å². The molecule has 1 aliphatic rings. The third-order valence-corrected chi connectivity index (χ3v) is 4.47. The molecule has 0 radical (unpaired) electrons. The maximum absolute atomic E-state index is 12.7. The lowest BCUT2D eigenvalue weighted by Crippen LogP contribution is -2.20. The van der Waals surface area contributed by atoms with Crippen LogP contribution in [-0.2, 0) is 6.54 Å². The Kier molecular flexibility index (Phi) is 3.62. The van der Waals surface area contributed by atoms with Crippen LogP contribution in [0.4, 0.5) is 5.69 Å². The van der Waals surface area contributed by atoms with Gasteiger partial charge in [0.1, 0.15) is 5.82 Å². The van der Waals surface area contributed by atoms with Crippen molar-refractivity contribution in [1.82, 2.24) is 9.55 Å². The van der Waals surface area contributed by atoms with E-state index in [4.69, 9.17) is 11.6 Å². The fourth-order valence-corrected chi connectivity index (χ4v) is 3.25. The molecule has 0 atom stereocenters. The normalized spacial score (nSPS) is 14.8. The molecule has 0 saturated carbocycles. The van der Waals surface area contributed by atoms with Gasteiger partial charge in [0.25, 0.3) is 11.2 Å². The molecule has 0 amide bonds. The number of non-ortho nitro benzene ring substituents is 1. The zero-order valence-corrected chi connectivity index (χ0v) is 13.7. The van der Waals surface area contributed by atoms with Gasteiger partial charge in [0, 0.05) is 23.7 Å². The number of nitrogens with zero attached hydrogens (tertiary/aromatic N) is 3. The molecule has 0 N–H and O–H groups in total. The highest BCUT2D eigenvalue weighted by molar-refractivity contribution is 6.30. The zero-order chi connectivity index (χ0) is 17.6. The number of nitro benzene ring substituents is 1. The van der Waals surface area contributed by atoms with Gasteiger partial charge in [0.05, 0.1) is 15.8 Å². The number of halogens is 1. The van der Waals surface area contributed by atoms with E-state index in [0.717, 1.165) is 11.1 Å². The maximum Gasteiger partial charge on any atom is 0.270 e. The van der Waals surface area contributed by atoms with Crippen molar-refractivity contribution in [1.29, 1.82) is 0 Å². The van der Waals surface area contributed by atoms with Crippen LogP contribution in [0.2, 0.25) is 5.02 Å². The Hall–Kier alpha value is -2.99. The summed E-state index contributed by atoms with van der Waals surface area (Å²) >= 11 is 6.02. The highest BCUT2D eigenvalue weighted by Gasteiger charge is 2.22. The molecule has 0 unspecified atom stereocenters. The first-order chi connectivity index (χ1) is 12.0. The van der Waals surface area contributed by atoms with Crippen molar-refractivity contribution in [2.45, 2.75) is 13.0 Å². The summed E-state index contributed by atoms with van der Waals surface area (Å²) in [7, 11) is 0. The van der Waals surface area contributed by atoms with E-state index >= 15 is 0 Å². The van der Waals surface area contributed by atoms with E-state index in [2.05, 4.69) is 4.98 Å². The first kappa shape index (κ1) is 15.5. The second kappa shape index (κ2) is 5.82. The van der Waals surface area contributed by atoms with Gasteiger partial charge in [-0.05, 0) is 41.8 Å². The van der Waals surface area contributed by atoms with Crippen molar-refractivity contribution in [2.24, 2.45) is 0 Å². The van der Waals surface area contributed by atoms with Crippen LogP contribution in [0.15, 0.2) is 47.3 Å². The number of rotatable bonds is 2. The first-order valence-corrected chi connectivity index (χ1v) is 8.06. The van der Waals surface area contributed by atoms with Crippen molar-refractivity contribution in [3.05, 3.63) is 79.3 Å². The Bertz CT molecular complexity index is 1120. The van der Waals surface area contributed by atoms with Crippen LogP contribution in [0.3, 0.4) is 0 Å². The monoisotopic (exact) mass is 353 g/mol. The second-order valence-corrected chi connectivity index (χ2v) is 6.26. The van der Waals surface area contributed by atoms with E-state index in [9.17, 15) is 14.9 Å². The molecule has 0 fully saturated rings. The van der Waals surface area contributed by atoms with Crippen LogP contribution in [0.25, 0.3) is 22.6 Å². The van der Waals surface area contributed by atoms with E-state index in [1.807, 2.05) is 24.3 Å². The summed E-state index contributed by atoms with van der Waals surface area (Å²) in [6, 6.07) is 11.6. The fraction of sp³-hybridized carbons (Fsp3) is 0.111. The molecule has 0 saturated heterocycles. The number of hydrogen-bond acceptors (Lipinski definition) is 4. The molecule has 1 aliphatic heterocycles. The van der Waals surface area contributed by atoms with Crippen molar-refractivity contribution in [3.8, 4) is 0 Å². The standard InChI is InChI=1S/C18H12ClN3O3/c19-13-3-1-2-11(9-13)8-12-6-7-21-17(12)20-16-5-4-14(22(24)25)10-15(16)18(21)23/h1-5,8-10H,6-7H2/b12-8-. The van der Waals surface area contributed by atoms with Crippen molar-refractivity contribution < 1.29 is 4.92 Å². The number of fused-ring (bicyclic) bond motifs is 2. The van der Waals surface area contributed by atoms with Gasteiger partial charge in [-0.15, -0.1) is 0 Å². The summed E-state index contributed by atoms with van der Waals surface area (Å²) in [5.41, 5.74) is 1.98. The van der Waals surface area contributed by atoms with Crippen LogP contribution < -0.4 is 5.56 Å². The minimum atomic E-state index is -0.513. The van der Waals surface area contributed by atoms with Crippen molar-refractivity contribution >= 4 is 39.8 Å². The van der Waals surface area contributed by atoms with Crippen LogP contribution in [0.1, 0.15) is 17.8 Å². The Morgan fingerprint density at radius 2 is 2.08 bits per heavy atom. The van der Waals surface area contributed by atoms with Gasteiger partial charge >= 0.3 is 0 Å². The SMILES string of the molecule is O=c1c2cc([N+](=O)[O-])ccc2nc2n1CC/C2=C/c1cccc(Cl)c1. The van der Waals surface area contributed by atoms with Crippen LogP contribution in [0.5, 0.6) is 0 Å². The largest absolute Gasteiger partial charge is 0.292 e. The Morgan fingerprint density at radius 3 is 2.84 bits per heavy atom. The number of hydrogen-bond donors (Lipinski definition) is 0. The third-order valence-electron chi connectivity index (χ3n) is 4.23. The molecular weight excluding hydrogens is 342 g/mol. The molecule has 4 rings (SSSR count). The van der Waals surface area contributed by atoms with E-state index < -0.39 is 4.92 Å².